The molecule has 2 aromatic carbocycles. The van der Waals surface area contributed by atoms with Gasteiger partial charge in [0.05, 0.1) is 5.56 Å². The van der Waals surface area contributed by atoms with Gasteiger partial charge in [-0.2, -0.15) is 0 Å². The molecule has 2 rings (SSSR count). The van der Waals surface area contributed by atoms with Gasteiger partial charge in [-0.25, -0.2) is 0 Å². The smallest absolute Gasteiger partial charge is 0.255 e. The molecular formula is C15H17NO2. The van der Waals surface area contributed by atoms with Gasteiger partial charge in [-0.15, -0.1) is 0 Å². The van der Waals surface area contributed by atoms with Gasteiger partial charge in [-0.1, -0.05) is 31.2 Å². The zero-order valence-electron chi connectivity index (χ0n) is 10.6. The Kier molecular flexibility index (Phi) is 3.51. The molecule has 18 heavy (non-hydrogen) atoms. The van der Waals surface area contributed by atoms with Crippen LogP contribution in [-0.4, -0.2) is 17.1 Å². The summed E-state index contributed by atoms with van der Waals surface area (Å²) in [6.45, 7) is 3.95. The Morgan fingerprint density at radius 3 is 2.50 bits per heavy atom. The summed E-state index contributed by atoms with van der Waals surface area (Å²) in [5, 5.41) is 14.6. The van der Waals surface area contributed by atoms with Crippen molar-refractivity contribution in [3.8, 4) is 5.75 Å². The molecule has 0 unspecified atom stereocenters. The van der Waals surface area contributed by atoms with Gasteiger partial charge in [0.15, 0.2) is 0 Å². The third-order valence-electron chi connectivity index (χ3n) is 3.10. The van der Waals surface area contributed by atoms with Gasteiger partial charge in [0.1, 0.15) is 5.75 Å². The molecular weight excluding hydrogens is 226 g/mol. The fourth-order valence-corrected chi connectivity index (χ4v) is 1.81. The third kappa shape index (κ3) is 2.45. The van der Waals surface area contributed by atoms with E-state index in [9.17, 15) is 9.90 Å². The summed E-state index contributed by atoms with van der Waals surface area (Å²) in [7, 11) is 0. The van der Waals surface area contributed by atoms with Crippen molar-refractivity contribution in [3.63, 3.8) is 0 Å². The van der Waals surface area contributed by atoms with Gasteiger partial charge in [-0.05, 0) is 36.2 Å². The maximum Gasteiger partial charge on any atom is 0.255 e. The summed E-state index contributed by atoms with van der Waals surface area (Å²) < 4.78 is 0. The lowest BCUT2D eigenvalue weighted by Crippen LogP contribution is -2.31. The van der Waals surface area contributed by atoms with Gasteiger partial charge in [0, 0.05) is 6.04 Å². The number of benzene rings is 2. The summed E-state index contributed by atoms with van der Waals surface area (Å²) in [4.78, 5) is 12.0. The average Bonchev–Trinajstić information content (AvgIpc) is 2.37. The Morgan fingerprint density at radius 2 is 1.89 bits per heavy atom. The molecule has 0 aliphatic carbocycles. The van der Waals surface area contributed by atoms with E-state index in [-0.39, 0.29) is 17.7 Å². The molecule has 0 aromatic heterocycles. The van der Waals surface area contributed by atoms with Gasteiger partial charge >= 0.3 is 0 Å². The lowest BCUT2D eigenvalue weighted by molar-refractivity contribution is 0.0937. The highest BCUT2D eigenvalue weighted by molar-refractivity contribution is 6.01. The van der Waals surface area contributed by atoms with E-state index in [0.717, 1.165) is 17.2 Å². The molecule has 1 amide bonds. The summed E-state index contributed by atoms with van der Waals surface area (Å²) in [6, 6.07) is 11.1. The van der Waals surface area contributed by atoms with Gasteiger partial charge in [0.25, 0.3) is 5.91 Å². The van der Waals surface area contributed by atoms with Crippen LogP contribution < -0.4 is 5.32 Å². The SMILES string of the molecule is CC[C@@H](C)NC(=O)c1cc2ccccc2cc1O. The molecule has 0 spiro atoms. The Hall–Kier alpha value is -2.03. The zero-order valence-corrected chi connectivity index (χ0v) is 10.6. The molecule has 0 saturated heterocycles. The first-order valence-corrected chi connectivity index (χ1v) is 6.14. The van der Waals surface area contributed by atoms with Gasteiger partial charge in [-0.3, -0.25) is 4.79 Å². The average molecular weight is 243 g/mol. The van der Waals surface area contributed by atoms with Crippen LogP contribution in [0, 0.1) is 0 Å². The number of hydrogen-bond donors (Lipinski definition) is 2. The van der Waals surface area contributed by atoms with Crippen LogP contribution in [0.5, 0.6) is 5.75 Å². The van der Waals surface area contributed by atoms with E-state index in [2.05, 4.69) is 5.32 Å². The van der Waals surface area contributed by atoms with Crippen LogP contribution >= 0.6 is 0 Å². The van der Waals surface area contributed by atoms with Crippen LogP contribution in [0.4, 0.5) is 0 Å². The molecule has 0 aliphatic rings. The Morgan fingerprint density at radius 1 is 1.28 bits per heavy atom. The molecule has 0 heterocycles. The Bertz CT molecular complexity index is 578. The predicted octanol–water partition coefficient (Wildman–Crippen LogP) is 3.07. The van der Waals surface area contributed by atoms with E-state index in [1.807, 2.05) is 38.1 Å². The molecule has 1 atom stereocenters. The monoisotopic (exact) mass is 243 g/mol. The van der Waals surface area contributed by atoms with Crippen molar-refractivity contribution in [3.05, 3.63) is 42.0 Å². The van der Waals surface area contributed by atoms with E-state index < -0.39 is 0 Å². The first-order valence-electron chi connectivity index (χ1n) is 6.14. The van der Waals surface area contributed by atoms with E-state index in [1.165, 1.54) is 0 Å². The number of carbonyl (C=O) groups excluding carboxylic acids is 1. The number of hydrogen-bond acceptors (Lipinski definition) is 2. The minimum Gasteiger partial charge on any atom is -0.507 e. The highest BCUT2D eigenvalue weighted by Crippen LogP contribution is 2.24. The van der Waals surface area contributed by atoms with Crippen molar-refractivity contribution in [2.75, 3.05) is 0 Å². The fraction of sp³-hybridized carbons (Fsp3) is 0.267. The number of nitrogens with one attached hydrogen (secondary N) is 1. The summed E-state index contributed by atoms with van der Waals surface area (Å²) in [5.41, 5.74) is 0.328. The van der Waals surface area contributed by atoms with Crippen molar-refractivity contribution in [1.82, 2.24) is 5.32 Å². The highest BCUT2D eigenvalue weighted by Gasteiger charge is 2.13. The van der Waals surface area contributed by atoms with E-state index in [4.69, 9.17) is 0 Å². The second kappa shape index (κ2) is 5.08. The quantitative estimate of drug-likeness (QED) is 0.870. The fourth-order valence-electron chi connectivity index (χ4n) is 1.81. The molecule has 2 N–H and O–H groups in total. The highest BCUT2D eigenvalue weighted by atomic mass is 16.3. The molecule has 0 saturated carbocycles. The lowest BCUT2D eigenvalue weighted by atomic mass is 10.1. The molecule has 2 aromatic rings. The molecule has 0 bridgehead atoms. The molecule has 3 nitrogen and oxygen atoms in total. The minimum atomic E-state index is -0.229. The molecule has 0 radical (unpaired) electrons. The minimum absolute atomic E-state index is 0.0227. The number of phenols is 1. The number of phenolic OH excluding ortho intramolecular Hbond substituents is 1. The second-order valence-corrected chi connectivity index (χ2v) is 4.50. The van der Waals surface area contributed by atoms with Crippen molar-refractivity contribution >= 4 is 16.7 Å². The number of carbonyl (C=O) groups is 1. The lowest BCUT2D eigenvalue weighted by Gasteiger charge is -2.12. The predicted molar refractivity (Wildman–Crippen MR) is 72.8 cm³/mol. The number of amides is 1. The molecule has 94 valence electrons. The third-order valence-corrected chi connectivity index (χ3v) is 3.10. The topological polar surface area (TPSA) is 49.3 Å². The van der Waals surface area contributed by atoms with Crippen molar-refractivity contribution in [2.24, 2.45) is 0 Å². The van der Waals surface area contributed by atoms with Crippen LogP contribution in [0.25, 0.3) is 10.8 Å². The van der Waals surface area contributed by atoms with E-state index >= 15 is 0 Å². The standard InChI is InChI=1S/C15H17NO2/c1-3-10(2)16-15(18)13-8-11-6-4-5-7-12(11)9-14(13)17/h4-10,17H,3H2,1-2H3,(H,16,18)/t10-/m1/s1. The van der Waals surface area contributed by atoms with Crippen molar-refractivity contribution in [2.45, 2.75) is 26.3 Å². The van der Waals surface area contributed by atoms with Crippen LogP contribution in [0.15, 0.2) is 36.4 Å². The normalized spacial score (nSPS) is 12.3. The Labute approximate surface area is 106 Å². The summed E-state index contributed by atoms with van der Waals surface area (Å²) >= 11 is 0. The van der Waals surface area contributed by atoms with E-state index in [1.54, 1.807) is 12.1 Å². The summed E-state index contributed by atoms with van der Waals surface area (Å²) in [6.07, 6.45) is 0.861. The van der Waals surface area contributed by atoms with Gasteiger partial charge in [0.2, 0.25) is 0 Å². The maximum absolute atomic E-state index is 12.0. The molecule has 0 fully saturated rings. The maximum atomic E-state index is 12.0. The van der Waals surface area contributed by atoms with Crippen LogP contribution in [0.2, 0.25) is 0 Å². The number of aromatic hydroxyl groups is 1. The Balaban J connectivity index is 2.38. The first-order chi connectivity index (χ1) is 8.61. The van der Waals surface area contributed by atoms with Crippen molar-refractivity contribution in [1.29, 1.82) is 0 Å². The summed E-state index contributed by atoms with van der Waals surface area (Å²) in [5.74, 6) is -0.206. The van der Waals surface area contributed by atoms with Crippen LogP contribution in [0.3, 0.4) is 0 Å². The van der Waals surface area contributed by atoms with Crippen LogP contribution in [0.1, 0.15) is 30.6 Å². The number of fused-ring (bicyclic) bond motifs is 1. The number of rotatable bonds is 3. The van der Waals surface area contributed by atoms with Crippen molar-refractivity contribution < 1.29 is 9.90 Å². The first kappa shape index (κ1) is 12.4. The second-order valence-electron chi connectivity index (χ2n) is 4.50. The molecule has 0 aliphatic heterocycles. The van der Waals surface area contributed by atoms with Gasteiger partial charge < -0.3 is 10.4 Å². The largest absolute Gasteiger partial charge is 0.507 e. The van der Waals surface area contributed by atoms with Crippen LogP contribution in [-0.2, 0) is 0 Å². The zero-order chi connectivity index (χ0) is 13.1. The van der Waals surface area contributed by atoms with E-state index in [0.29, 0.717) is 5.56 Å². The molecule has 3 heteroatoms.